The average molecular weight is 319 g/mol. The van der Waals surface area contributed by atoms with Gasteiger partial charge >= 0.3 is 0 Å². The van der Waals surface area contributed by atoms with Crippen molar-refractivity contribution in [1.82, 2.24) is 10.2 Å². The Labute approximate surface area is 132 Å². The van der Waals surface area contributed by atoms with Crippen LogP contribution in [-0.4, -0.2) is 36.4 Å². The molecule has 1 aromatic carbocycles. The summed E-state index contributed by atoms with van der Waals surface area (Å²) >= 11 is 1.62. The minimum atomic E-state index is -0.486. The Kier molecular flexibility index (Phi) is 5.24. The molecule has 0 spiro atoms. The number of nitrogens with zero attached hydrogens (tertiary/aromatic N) is 2. The van der Waals surface area contributed by atoms with Crippen molar-refractivity contribution in [1.29, 1.82) is 0 Å². The third-order valence-electron chi connectivity index (χ3n) is 3.35. The van der Waals surface area contributed by atoms with Crippen LogP contribution in [0.1, 0.15) is 22.0 Å². The zero-order valence-corrected chi connectivity index (χ0v) is 13.2. The first-order valence-electron chi connectivity index (χ1n) is 6.70. The van der Waals surface area contributed by atoms with E-state index in [-0.39, 0.29) is 17.6 Å². The molecule has 0 saturated heterocycles. The van der Waals surface area contributed by atoms with Gasteiger partial charge in [0.2, 0.25) is 0 Å². The van der Waals surface area contributed by atoms with Crippen LogP contribution in [0.2, 0.25) is 0 Å². The summed E-state index contributed by atoms with van der Waals surface area (Å²) in [6.45, 7) is 0.472. The smallest absolute Gasteiger partial charge is 0.269 e. The number of carbonyl (C=O) groups excluding carboxylic acids is 1. The molecule has 2 rings (SSSR count). The van der Waals surface area contributed by atoms with Gasteiger partial charge in [0.05, 0.1) is 11.0 Å². The molecule has 1 N–H and O–H groups in total. The third-order valence-corrected chi connectivity index (χ3v) is 4.05. The second kappa shape index (κ2) is 7.15. The highest BCUT2D eigenvalue weighted by molar-refractivity contribution is 7.07. The van der Waals surface area contributed by atoms with Gasteiger partial charge in [-0.15, -0.1) is 0 Å². The Morgan fingerprint density at radius 2 is 2.00 bits per heavy atom. The maximum Gasteiger partial charge on any atom is 0.269 e. The van der Waals surface area contributed by atoms with Gasteiger partial charge in [0.25, 0.3) is 11.6 Å². The molecule has 0 aliphatic heterocycles. The molecule has 1 amide bonds. The summed E-state index contributed by atoms with van der Waals surface area (Å²) in [6, 6.07) is 7.71. The van der Waals surface area contributed by atoms with Crippen LogP contribution in [0.5, 0.6) is 0 Å². The second-order valence-electron chi connectivity index (χ2n) is 5.05. The molecule has 1 heterocycles. The average Bonchev–Trinajstić information content (AvgIpc) is 3.01. The van der Waals surface area contributed by atoms with Gasteiger partial charge in [-0.25, -0.2) is 0 Å². The van der Waals surface area contributed by atoms with Gasteiger partial charge in [0, 0.05) is 24.2 Å². The summed E-state index contributed by atoms with van der Waals surface area (Å²) < 4.78 is 0. The first-order valence-corrected chi connectivity index (χ1v) is 7.64. The van der Waals surface area contributed by atoms with Crippen LogP contribution in [-0.2, 0) is 0 Å². The first kappa shape index (κ1) is 16.1. The highest BCUT2D eigenvalue weighted by Gasteiger charge is 2.16. The lowest BCUT2D eigenvalue weighted by Crippen LogP contribution is -2.34. The van der Waals surface area contributed by atoms with Crippen molar-refractivity contribution in [2.45, 2.75) is 6.04 Å². The summed E-state index contributed by atoms with van der Waals surface area (Å²) in [4.78, 5) is 24.3. The summed E-state index contributed by atoms with van der Waals surface area (Å²) in [5.74, 6) is -0.239. The summed E-state index contributed by atoms with van der Waals surface area (Å²) in [6.07, 6.45) is 0. The molecule has 1 atom stereocenters. The molecule has 0 aliphatic carbocycles. The van der Waals surface area contributed by atoms with E-state index in [1.54, 1.807) is 11.3 Å². The number of rotatable bonds is 6. The molecule has 1 aromatic heterocycles. The van der Waals surface area contributed by atoms with Crippen LogP contribution in [0, 0.1) is 10.1 Å². The van der Waals surface area contributed by atoms with E-state index in [0.29, 0.717) is 12.1 Å². The van der Waals surface area contributed by atoms with Crippen molar-refractivity contribution in [2.24, 2.45) is 0 Å². The Morgan fingerprint density at radius 3 is 2.50 bits per heavy atom. The van der Waals surface area contributed by atoms with Gasteiger partial charge < -0.3 is 10.2 Å². The largest absolute Gasteiger partial charge is 0.350 e. The molecule has 0 fully saturated rings. The van der Waals surface area contributed by atoms with Crippen LogP contribution in [0.25, 0.3) is 0 Å². The lowest BCUT2D eigenvalue weighted by molar-refractivity contribution is -0.384. The number of likely N-dealkylation sites (N-methyl/N-ethyl adjacent to an activating group) is 1. The Hall–Kier alpha value is -2.25. The molecule has 6 nitrogen and oxygen atoms in total. The standard InChI is InChI=1S/C15H17N3O3S/c1-17(2)14(12-7-8-22-10-12)9-16-15(19)11-3-5-13(6-4-11)18(20)21/h3-8,10,14H,9H2,1-2H3,(H,16,19)/t14-/m0/s1. The molecule has 116 valence electrons. The van der Waals surface area contributed by atoms with Crippen LogP contribution in [0.4, 0.5) is 5.69 Å². The molecular formula is C15H17N3O3S. The maximum absolute atomic E-state index is 12.1. The first-order chi connectivity index (χ1) is 10.5. The molecule has 0 aliphatic rings. The van der Waals surface area contributed by atoms with E-state index in [1.807, 2.05) is 30.4 Å². The summed E-state index contributed by atoms with van der Waals surface area (Å²) in [5.41, 5.74) is 1.54. The number of hydrogen-bond donors (Lipinski definition) is 1. The fraction of sp³-hybridized carbons (Fsp3) is 0.267. The van der Waals surface area contributed by atoms with E-state index in [2.05, 4.69) is 10.7 Å². The fourth-order valence-corrected chi connectivity index (χ4v) is 2.80. The predicted octanol–water partition coefficient (Wildman–Crippen LogP) is 2.69. The summed E-state index contributed by atoms with van der Waals surface area (Å²) in [5, 5.41) is 17.5. The molecule has 0 saturated carbocycles. The van der Waals surface area contributed by atoms with Gasteiger partial charge in [-0.3, -0.25) is 14.9 Å². The highest BCUT2D eigenvalue weighted by Crippen LogP contribution is 2.20. The van der Waals surface area contributed by atoms with Crippen molar-refractivity contribution in [3.63, 3.8) is 0 Å². The molecule has 0 radical (unpaired) electrons. The number of nitro benzene ring substituents is 1. The molecule has 2 aromatic rings. The van der Waals surface area contributed by atoms with E-state index >= 15 is 0 Å². The lowest BCUT2D eigenvalue weighted by atomic mass is 10.1. The van der Waals surface area contributed by atoms with E-state index < -0.39 is 4.92 Å². The van der Waals surface area contributed by atoms with Crippen LogP contribution >= 0.6 is 11.3 Å². The van der Waals surface area contributed by atoms with Gasteiger partial charge in [-0.05, 0) is 48.6 Å². The molecule has 0 bridgehead atoms. The minimum absolute atomic E-state index is 0.0269. The van der Waals surface area contributed by atoms with Crippen molar-refractivity contribution in [3.05, 3.63) is 62.3 Å². The minimum Gasteiger partial charge on any atom is -0.350 e. The number of benzene rings is 1. The monoisotopic (exact) mass is 319 g/mol. The van der Waals surface area contributed by atoms with Crippen molar-refractivity contribution >= 4 is 22.9 Å². The third kappa shape index (κ3) is 3.90. The van der Waals surface area contributed by atoms with E-state index in [4.69, 9.17) is 0 Å². The van der Waals surface area contributed by atoms with Gasteiger partial charge in [0.15, 0.2) is 0 Å². The lowest BCUT2D eigenvalue weighted by Gasteiger charge is -2.24. The topological polar surface area (TPSA) is 75.5 Å². The van der Waals surface area contributed by atoms with Crippen molar-refractivity contribution in [2.75, 3.05) is 20.6 Å². The number of nitrogens with one attached hydrogen (secondary N) is 1. The molecule has 22 heavy (non-hydrogen) atoms. The van der Waals surface area contributed by atoms with Gasteiger partial charge in [-0.1, -0.05) is 0 Å². The van der Waals surface area contributed by atoms with Gasteiger partial charge in [0.1, 0.15) is 0 Å². The number of amides is 1. The SMILES string of the molecule is CN(C)[C@@H](CNC(=O)c1ccc([N+](=O)[O-])cc1)c1ccsc1. The Morgan fingerprint density at radius 1 is 1.32 bits per heavy atom. The normalized spacial score (nSPS) is 12.1. The number of hydrogen-bond acceptors (Lipinski definition) is 5. The predicted molar refractivity (Wildman–Crippen MR) is 86.2 cm³/mol. The quantitative estimate of drug-likeness (QED) is 0.656. The number of non-ortho nitro benzene ring substituents is 1. The van der Waals surface area contributed by atoms with Crippen LogP contribution in [0.15, 0.2) is 41.1 Å². The second-order valence-corrected chi connectivity index (χ2v) is 5.83. The Balaban J connectivity index is 2.00. The maximum atomic E-state index is 12.1. The highest BCUT2D eigenvalue weighted by atomic mass is 32.1. The number of nitro groups is 1. The number of thiophene rings is 1. The van der Waals surface area contributed by atoms with E-state index in [1.165, 1.54) is 24.3 Å². The fourth-order valence-electron chi connectivity index (χ4n) is 2.09. The van der Waals surface area contributed by atoms with Crippen LogP contribution < -0.4 is 5.32 Å². The zero-order valence-electron chi connectivity index (χ0n) is 12.4. The molecule has 0 unspecified atom stereocenters. The summed E-state index contributed by atoms with van der Waals surface area (Å²) in [7, 11) is 3.92. The molecule has 7 heteroatoms. The van der Waals surface area contributed by atoms with Gasteiger partial charge in [-0.2, -0.15) is 11.3 Å². The van der Waals surface area contributed by atoms with Crippen LogP contribution in [0.3, 0.4) is 0 Å². The number of carbonyl (C=O) groups is 1. The van der Waals surface area contributed by atoms with Crippen molar-refractivity contribution in [3.8, 4) is 0 Å². The zero-order chi connectivity index (χ0) is 16.1. The molecular weight excluding hydrogens is 302 g/mol. The van der Waals surface area contributed by atoms with E-state index in [0.717, 1.165) is 5.56 Å². The van der Waals surface area contributed by atoms with E-state index in [9.17, 15) is 14.9 Å². The van der Waals surface area contributed by atoms with Crippen molar-refractivity contribution < 1.29 is 9.72 Å². The Bertz CT molecular complexity index is 639.